The molecular formula is C20H27NO4. The molecule has 2 saturated heterocycles. The van der Waals surface area contributed by atoms with Crippen LogP contribution in [-0.4, -0.2) is 49.2 Å². The fourth-order valence-corrected chi connectivity index (χ4v) is 4.81. The second kappa shape index (κ2) is 7.16. The molecule has 0 aliphatic carbocycles. The molecule has 0 radical (unpaired) electrons. The summed E-state index contributed by atoms with van der Waals surface area (Å²) in [7, 11) is 3.50. The van der Waals surface area contributed by atoms with E-state index in [1.807, 2.05) is 18.2 Å². The van der Waals surface area contributed by atoms with Gasteiger partial charge in [-0.2, -0.15) is 0 Å². The van der Waals surface area contributed by atoms with E-state index < -0.39 is 11.5 Å². The van der Waals surface area contributed by atoms with Gasteiger partial charge in [-0.15, -0.1) is 0 Å². The number of benzene rings is 1. The molecule has 0 saturated carbocycles. The second-order valence-electron chi connectivity index (χ2n) is 7.19. The van der Waals surface area contributed by atoms with Gasteiger partial charge in [-0.3, -0.25) is 9.69 Å². The van der Waals surface area contributed by atoms with E-state index in [1.54, 1.807) is 12.1 Å². The smallest absolute Gasteiger partial charge is 0.338 e. The number of esters is 2. The van der Waals surface area contributed by atoms with E-state index in [9.17, 15) is 9.59 Å². The number of piperidine rings is 1. The molecule has 5 nitrogen and oxygen atoms in total. The van der Waals surface area contributed by atoms with Crippen molar-refractivity contribution in [1.82, 2.24) is 4.90 Å². The van der Waals surface area contributed by atoms with Crippen LogP contribution in [0.25, 0.3) is 0 Å². The summed E-state index contributed by atoms with van der Waals surface area (Å²) in [5.74, 6) is -0.614. The molecule has 2 bridgehead atoms. The van der Waals surface area contributed by atoms with Crippen LogP contribution in [0.15, 0.2) is 30.3 Å². The SMILES string of the molecule is CCC[C@]1(C(=O)OC)[C@@H](OC(=O)c2ccccc2)C[C@H]2CC[C@@H]1N2C. The third-order valence-electron chi connectivity index (χ3n) is 5.98. The molecule has 2 fully saturated rings. The van der Waals surface area contributed by atoms with Gasteiger partial charge >= 0.3 is 11.9 Å². The van der Waals surface area contributed by atoms with Gasteiger partial charge in [0.2, 0.25) is 0 Å². The minimum atomic E-state index is -0.782. The highest BCUT2D eigenvalue weighted by Gasteiger charge is 2.61. The Morgan fingerprint density at radius 1 is 1.24 bits per heavy atom. The molecule has 4 atom stereocenters. The first-order valence-corrected chi connectivity index (χ1v) is 9.11. The zero-order chi connectivity index (χ0) is 18.0. The minimum absolute atomic E-state index is 0.0622. The van der Waals surface area contributed by atoms with Crippen molar-refractivity contribution < 1.29 is 19.1 Å². The molecule has 2 heterocycles. The van der Waals surface area contributed by atoms with Crippen LogP contribution in [0, 0.1) is 5.41 Å². The first kappa shape index (κ1) is 17.9. The van der Waals surface area contributed by atoms with E-state index in [0.717, 1.165) is 19.3 Å². The Morgan fingerprint density at radius 2 is 1.96 bits per heavy atom. The van der Waals surface area contributed by atoms with Crippen molar-refractivity contribution in [2.24, 2.45) is 5.41 Å². The Labute approximate surface area is 149 Å². The van der Waals surface area contributed by atoms with Gasteiger partial charge in [0.1, 0.15) is 11.5 Å². The maximum Gasteiger partial charge on any atom is 0.338 e. The summed E-state index contributed by atoms with van der Waals surface area (Å²) in [5, 5.41) is 0. The lowest BCUT2D eigenvalue weighted by Gasteiger charge is -2.49. The van der Waals surface area contributed by atoms with Crippen LogP contribution in [0.4, 0.5) is 0 Å². The van der Waals surface area contributed by atoms with Gasteiger partial charge in [0.15, 0.2) is 0 Å². The van der Waals surface area contributed by atoms with Crippen LogP contribution in [0.2, 0.25) is 0 Å². The standard InChI is InChI=1S/C20H27NO4/c1-4-12-20(19(23)24-3)16-11-10-15(21(16)2)13-17(20)25-18(22)14-8-6-5-7-9-14/h5-9,15-17H,4,10-13H2,1-3H3/t15-,16+,17+,20-/m1/s1. The third kappa shape index (κ3) is 2.95. The Morgan fingerprint density at radius 3 is 2.60 bits per heavy atom. The summed E-state index contributed by atoms with van der Waals surface area (Å²) in [4.78, 5) is 27.8. The molecule has 0 unspecified atom stereocenters. The van der Waals surface area contributed by atoms with Gasteiger partial charge in [-0.25, -0.2) is 4.79 Å². The highest BCUT2D eigenvalue weighted by Crippen LogP contribution is 2.50. The van der Waals surface area contributed by atoms with Crippen molar-refractivity contribution >= 4 is 11.9 Å². The molecule has 0 spiro atoms. The highest BCUT2D eigenvalue weighted by atomic mass is 16.6. The van der Waals surface area contributed by atoms with E-state index in [0.29, 0.717) is 24.4 Å². The largest absolute Gasteiger partial charge is 0.468 e. The summed E-state index contributed by atoms with van der Waals surface area (Å²) in [6.07, 6.45) is 3.71. The summed E-state index contributed by atoms with van der Waals surface area (Å²) < 4.78 is 11.1. The molecule has 136 valence electrons. The van der Waals surface area contributed by atoms with Crippen LogP contribution in [-0.2, 0) is 14.3 Å². The van der Waals surface area contributed by atoms with Crippen molar-refractivity contribution in [1.29, 1.82) is 0 Å². The monoisotopic (exact) mass is 345 g/mol. The number of methoxy groups -OCH3 is 1. The molecule has 1 aromatic carbocycles. The number of fused-ring (bicyclic) bond motifs is 2. The van der Waals surface area contributed by atoms with Gasteiger partial charge in [-0.1, -0.05) is 31.5 Å². The topological polar surface area (TPSA) is 55.8 Å². The Bertz CT molecular complexity index is 632. The molecule has 0 N–H and O–H groups in total. The first-order valence-electron chi connectivity index (χ1n) is 9.11. The Balaban J connectivity index is 1.94. The van der Waals surface area contributed by atoms with Crippen LogP contribution in [0.1, 0.15) is 49.4 Å². The van der Waals surface area contributed by atoms with Crippen LogP contribution >= 0.6 is 0 Å². The number of hydrogen-bond acceptors (Lipinski definition) is 5. The Kier molecular flexibility index (Phi) is 5.13. The van der Waals surface area contributed by atoms with Crippen molar-refractivity contribution in [3.63, 3.8) is 0 Å². The number of ether oxygens (including phenoxy) is 2. The van der Waals surface area contributed by atoms with E-state index in [1.165, 1.54) is 7.11 Å². The average Bonchev–Trinajstić information content (AvgIpc) is 2.91. The van der Waals surface area contributed by atoms with Crippen LogP contribution in [0.5, 0.6) is 0 Å². The molecule has 3 rings (SSSR count). The molecule has 2 aliphatic rings. The van der Waals surface area contributed by atoms with Crippen molar-refractivity contribution in [3.05, 3.63) is 35.9 Å². The van der Waals surface area contributed by atoms with Crippen LogP contribution in [0.3, 0.4) is 0 Å². The lowest BCUT2D eigenvalue weighted by Crippen LogP contribution is -2.62. The summed E-state index contributed by atoms with van der Waals surface area (Å²) in [6.45, 7) is 2.06. The van der Waals surface area contributed by atoms with Gasteiger partial charge < -0.3 is 9.47 Å². The Hall–Kier alpha value is -1.88. The predicted octanol–water partition coefficient (Wildman–Crippen LogP) is 3.04. The lowest BCUT2D eigenvalue weighted by atomic mass is 9.68. The molecular weight excluding hydrogens is 318 g/mol. The average molecular weight is 345 g/mol. The molecule has 0 amide bonds. The summed E-state index contributed by atoms with van der Waals surface area (Å²) in [6, 6.07) is 9.39. The first-order chi connectivity index (χ1) is 12.0. The van der Waals surface area contributed by atoms with E-state index in [2.05, 4.69) is 18.9 Å². The van der Waals surface area contributed by atoms with E-state index >= 15 is 0 Å². The number of hydrogen-bond donors (Lipinski definition) is 0. The lowest BCUT2D eigenvalue weighted by molar-refractivity contribution is -0.175. The van der Waals surface area contributed by atoms with E-state index in [-0.39, 0.29) is 18.0 Å². The zero-order valence-electron chi connectivity index (χ0n) is 15.2. The zero-order valence-corrected chi connectivity index (χ0v) is 15.2. The van der Waals surface area contributed by atoms with Crippen molar-refractivity contribution in [2.75, 3.05) is 14.2 Å². The molecule has 25 heavy (non-hydrogen) atoms. The molecule has 5 heteroatoms. The van der Waals surface area contributed by atoms with Crippen molar-refractivity contribution in [2.45, 2.75) is 57.2 Å². The van der Waals surface area contributed by atoms with Gasteiger partial charge in [0.25, 0.3) is 0 Å². The summed E-state index contributed by atoms with van der Waals surface area (Å²) in [5.41, 5.74) is -0.264. The van der Waals surface area contributed by atoms with Crippen molar-refractivity contribution in [3.8, 4) is 0 Å². The maximum absolute atomic E-state index is 12.9. The fourth-order valence-electron chi connectivity index (χ4n) is 4.81. The predicted molar refractivity (Wildman–Crippen MR) is 94.2 cm³/mol. The van der Waals surface area contributed by atoms with Gasteiger partial charge in [0, 0.05) is 18.5 Å². The number of nitrogens with zero attached hydrogens (tertiary/aromatic N) is 1. The van der Waals surface area contributed by atoms with Crippen LogP contribution < -0.4 is 0 Å². The minimum Gasteiger partial charge on any atom is -0.468 e. The summed E-state index contributed by atoms with van der Waals surface area (Å²) >= 11 is 0. The number of carbonyl (C=O) groups is 2. The molecule has 0 aromatic heterocycles. The van der Waals surface area contributed by atoms with Gasteiger partial charge in [-0.05, 0) is 38.4 Å². The maximum atomic E-state index is 12.9. The van der Waals surface area contributed by atoms with E-state index in [4.69, 9.17) is 9.47 Å². The number of carbonyl (C=O) groups excluding carboxylic acids is 2. The number of rotatable bonds is 5. The third-order valence-corrected chi connectivity index (χ3v) is 5.98. The normalized spacial score (nSPS) is 31.6. The molecule has 2 aliphatic heterocycles. The quantitative estimate of drug-likeness (QED) is 0.768. The highest BCUT2D eigenvalue weighted by molar-refractivity contribution is 5.90. The van der Waals surface area contributed by atoms with Gasteiger partial charge in [0.05, 0.1) is 12.7 Å². The second-order valence-corrected chi connectivity index (χ2v) is 7.19. The molecule has 1 aromatic rings. The fraction of sp³-hybridized carbons (Fsp3) is 0.600.